The summed E-state index contributed by atoms with van der Waals surface area (Å²) in [7, 11) is 0. The Kier molecular flexibility index (Phi) is 8.11. The molecule has 1 fully saturated rings. The van der Waals surface area contributed by atoms with Gasteiger partial charge in [-0.25, -0.2) is 4.39 Å². The maximum absolute atomic E-state index is 14.2. The van der Waals surface area contributed by atoms with E-state index in [1.807, 2.05) is 32.0 Å². The van der Waals surface area contributed by atoms with Crippen molar-refractivity contribution in [3.63, 3.8) is 0 Å². The van der Waals surface area contributed by atoms with Crippen LogP contribution in [-0.2, 0) is 6.42 Å². The first kappa shape index (κ1) is 22.9. The number of nitrogens with zero attached hydrogens (tertiary/aromatic N) is 1. The van der Waals surface area contributed by atoms with Gasteiger partial charge in [0.1, 0.15) is 5.82 Å². The molecule has 0 unspecified atom stereocenters. The number of halogens is 1. The van der Waals surface area contributed by atoms with E-state index in [1.165, 1.54) is 43.7 Å². The van der Waals surface area contributed by atoms with Crippen LogP contribution in [0, 0.1) is 5.82 Å². The van der Waals surface area contributed by atoms with Gasteiger partial charge in [-0.3, -0.25) is 0 Å². The molecular weight excluding hydrogens is 383 g/mol. The average Bonchev–Trinajstić information content (AvgIpc) is 3.25. The molecule has 1 saturated carbocycles. The highest BCUT2D eigenvalue weighted by atomic mass is 19.1. The molecule has 0 bridgehead atoms. The third kappa shape index (κ3) is 5.66. The lowest BCUT2D eigenvalue weighted by atomic mass is 9.94. The Labute approximate surface area is 186 Å². The number of nitrogens with one attached hydrogen (secondary N) is 1. The maximum Gasteiger partial charge on any atom is 0.126 e. The van der Waals surface area contributed by atoms with E-state index in [-0.39, 0.29) is 5.82 Å². The molecule has 2 aromatic carbocycles. The topological polar surface area (TPSA) is 17.0 Å². The number of hydrogen-bond acceptors (Lipinski definition) is 1. The van der Waals surface area contributed by atoms with Crippen molar-refractivity contribution < 1.29 is 4.39 Å². The SMILES string of the molecule is C=C(C)c1ccc(-n2cccc2Cc2ccccc2F)cc1NC1CCCCC1.CC. The average molecular weight is 419 g/mol. The summed E-state index contributed by atoms with van der Waals surface area (Å²) in [6.07, 6.45) is 9.00. The van der Waals surface area contributed by atoms with Crippen molar-refractivity contribution in [2.45, 2.75) is 65.3 Å². The summed E-state index contributed by atoms with van der Waals surface area (Å²) >= 11 is 0. The van der Waals surface area contributed by atoms with E-state index in [1.54, 1.807) is 6.07 Å². The lowest BCUT2D eigenvalue weighted by molar-refractivity contribution is 0.462. The maximum atomic E-state index is 14.2. The summed E-state index contributed by atoms with van der Waals surface area (Å²) in [4.78, 5) is 0. The van der Waals surface area contributed by atoms with Gasteiger partial charge in [-0.1, -0.05) is 64.0 Å². The van der Waals surface area contributed by atoms with Crippen LogP contribution in [0.3, 0.4) is 0 Å². The molecule has 2 nitrogen and oxygen atoms in total. The van der Waals surface area contributed by atoms with E-state index >= 15 is 0 Å². The normalized spacial score (nSPS) is 13.9. The molecule has 0 spiro atoms. The smallest absolute Gasteiger partial charge is 0.126 e. The molecule has 0 aliphatic heterocycles. The van der Waals surface area contributed by atoms with Crippen LogP contribution in [-0.4, -0.2) is 10.6 Å². The van der Waals surface area contributed by atoms with Crippen LogP contribution < -0.4 is 5.32 Å². The Morgan fingerprint density at radius 2 is 1.77 bits per heavy atom. The summed E-state index contributed by atoms with van der Waals surface area (Å²) in [6.45, 7) is 10.2. The van der Waals surface area contributed by atoms with Crippen LogP contribution in [0.15, 0.2) is 67.4 Å². The third-order valence-corrected chi connectivity index (χ3v) is 5.87. The van der Waals surface area contributed by atoms with Crippen LogP contribution in [0.1, 0.15) is 69.7 Å². The predicted molar refractivity (Wildman–Crippen MR) is 132 cm³/mol. The molecular formula is C28H35FN2. The van der Waals surface area contributed by atoms with Crippen LogP contribution in [0.4, 0.5) is 10.1 Å². The summed E-state index contributed by atoms with van der Waals surface area (Å²) in [5, 5.41) is 3.78. The van der Waals surface area contributed by atoms with Crippen LogP contribution in [0.2, 0.25) is 0 Å². The largest absolute Gasteiger partial charge is 0.382 e. The zero-order valence-electron chi connectivity index (χ0n) is 19.1. The molecule has 1 aliphatic carbocycles. The van der Waals surface area contributed by atoms with Crippen LogP contribution in [0.25, 0.3) is 11.3 Å². The van der Waals surface area contributed by atoms with Crippen molar-refractivity contribution in [2.75, 3.05) is 5.32 Å². The molecule has 1 N–H and O–H groups in total. The van der Waals surface area contributed by atoms with Gasteiger partial charge in [-0.2, -0.15) is 0 Å². The number of allylic oxidation sites excluding steroid dienone is 1. The molecule has 3 heteroatoms. The molecule has 4 rings (SSSR count). The minimum atomic E-state index is -0.155. The Hall–Kier alpha value is -2.81. The Morgan fingerprint density at radius 3 is 2.48 bits per heavy atom. The van der Waals surface area contributed by atoms with Gasteiger partial charge in [-0.15, -0.1) is 0 Å². The Balaban J connectivity index is 0.00000132. The van der Waals surface area contributed by atoms with E-state index in [9.17, 15) is 4.39 Å². The summed E-state index contributed by atoms with van der Waals surface area (Å²) in [5.74, 6) is -0.155. The molecule has 0 saturated heterocycles. The third-order valence-electron chi connectivity index (χ3n) is 5.87. The van der Waals surface area contributed by atoms with Crippen molar-refractivity contribution in [2.24, 2.45) is 0 Å². The minimum absolute atomic E-state index is 0.155. The number of aromatic nitrogens is 1. The summed E-state index contributed by atoms with van der Waals surface area (Å²) in [5.41, 5.74) is 6.25. The molecule has 1 heterocycles. The van der Waals surface area contributed by atoms with Crippen LogP contribution in [0.5, 0.6) is 0 Å². The fraction of sp³-hybridized carbons (Fsp3) is 0.357. The first-order valence-electron chi connectivity index (χ1n) is 11.6. The van der Waals surface area contributed by atoms with E-state index in [0.717, 1.165) is 22.6 Å². The van der Waals surface area contributed by atoms with Crippen molar-refractivity contribution >= 4 is 11.3 Å². The highest BCUT2D eigenvalue weighted by Crippen LogP contribution is 2.30. The second-order valence-electron chi connectivity index (χ2n) is 8.13. The molecule has 0 radical (unpaired) electrons. The monoisotopic (exact) mass is 418 g/mol. The lowest BCUT2D eigenvalue weighted by Gasteiger charge is -2.26. The standard InChI is InChI=1S/C26H29FN2.C2H6/c1-19(2)24-15-14-23(18-26(24)28-21-10-4-3-5-11-21)29-16-8-12-22(29)17-20-9-6-7-13-25(20)27;1-2/h6-9,12-16,18,21,28H,1,3-5,10-11,17H2,2H3;1-2H3. The van der Waals surface area contributed by atoms with Crippen molar-refractivity contribution in [3.05, 3.63) is 90.0 Å². The highest BCUT2D eigenvalue weighted by molar-refractivity contribution is 5.76. The van der Waals surface area contributed by atoms with Gasteiger partial charge in [0.15, 0.2) is 0 Å². The van der Waals surface area contributed by atoms with Crippen molar-refractivity contribution in [3.8, 4) is 5.69 Å². The van der Waals surface area contributed by atoms with Gasteiger partial charge in [0, 0.05) is 41.3 Å². The van der Waals surface area contributed by atoms with E-state index < -0.39 is 0 Å². The zero-order valence-corrected chi connectivity index (χ0v) is 19.1. The quantitative estimate of drug-likeness (QED) is 0.429. The summed E-state index contributed by atoms with van der Waals surface area (Å²) in [6, 6.07) is 18.1. The molecule has 0 amide bonds. The molecule has 0 atom stereocenters. The lowest BCUT2D eigenvalue weighted by Crippen LogP contribution is -2.23. The predicted octanol–water partition coefficient (Wildman–Crippen LogP) is 8.01. The first-order chi connectivity index (χ1) is 15.1. The Morgan fingerprint density at radius 1 is 1.03 bits per heavy atom. The zero-order chi connectivity index (χ0) is 22.2. The molecule has 1 aliphatic rings. The van der Waals surface area contributed by atoms with Gasteiger partial charge in [-0.05, 0) is 61.2 Å². The number of hydrogen-bond donors (Lipinski definition) is 1. The van der Waals surface area contributed by atoms with Gasteiger partial charge in [0.05, 0.1) is 0 Å². The van der Waals surface area contributed by atoms with Gasteiger partial charge in [0.2, 0.25) is 0 Å². The van der Waals surface area contributed by atoms with Crippen molar-refractivity contribution in [1.82, 2.24) is 4.57 Å². The van der Waals surface area contributed by atoms with E-state index in [0.29, 0.717) is 18.0 Å². The molecule has 1 aromatic heterocycles. The van der Waals surface area contributed by atoms with E-state index in [4.69, 9.17) is 0 Å². The van der Waals surface area contributed by atoms with E-state index in [2.05, 4.69) is 53.8 Å². The summed E-state index contributed by atoms with van der Waals surface area (Å²) < 4.78 is 16.3. The second kappa shape index (κ2) is 11.0. The number of rotatable bonds is 6. The highest BCUT2D eigenvalue weighted by Gasteiger charge is 2.16. The molecule has 31 heavy (non-hydrogen) atoms. The Bertz CT molecular complexity index is 996. The van der Waals surface area contributed by atoms with Gasteiger partial charge < -0.3 is 9.88 Å². The fourth-order valence-corrected chi connectivity index (χ4v) is 4.29. The van der Waals surface area contributed by atoms with Crippen LogP contribution >= 0.6 is 0 Å². The minimum Gasteiger partial charge on any atom is -0.382 e. The second-order valence-corrected chi connectivity index (χ2v) is 8.13. The van der Waals surface area contributed by atoms with Crippen molar-refractivity contribution in [1.29, 1.82) is 0 Å². The number of anilines is 1. The first-order valence-corrected chi connectivity index (χ1v) is 11.6. The fourth-order valence-electron chi connectivity index (χ4n) is 4.29. The van der Waals surface area contributed by atoms with Gasteiger partial charge >= 0.3 is 0 Å². The molecule has 164 valence electrons. The number of benzene rings is 2. The van der Waals surface area contributed by atoms with Gasteiger partial charge in [0.25, 0.3) is 0 Å². The molecule has 3 aromatic rings.